The van der Waals surface area contributed by atoms with E-state index in [0.717, 1.165) is 25.0 Å². The molecule has 0 saturated carbocycles. The molecule has 0 aromatic heterocycles. The summed E-state index contributed by atoms with van der Waals surface area (Å²) in [5.41, 5.74) is 0. The molecule has 0 spiro atoms. The van der Waals surface area contributed by atoms with Gasteiger partial charge in [-0.25, -0.2) is 14.4 Å². The summed E-state index contributed by atoms with van der Waals surface area (Å²) in [4.78, 5) is 30.5. The Labute approximate surface area is 119 Å². The van der Waals surface area contributed by atoms with E-state index in [-0.39, 0.29) is 5.97 Å². The van der Waals surface area contributed by atoms with Gasteiger partial charge in [0.15, 0.2) is 0 Å². The van der Waals surface area contributed by atoms with Crippen LogP contribution in [0, 0.1) is 0 Å². The number of carbonyl (C=O) groups is 3. The first kappa shape index (κ1) is 18.1. The maximum Gasteiger partial charge on any atom is 0.338 e. The van der Waals surface area contributed by atoms with Crippen LogP contribution in [0.4, 0.5) is 0 Å². The van der Waals surface area contributed by atoms with Crippen LogP contribution in [-0.2, 0) is 23.9 Å². The fraction of sp³-hybridized carbons (Fsp3) is 0.533. The molecule has 0 bridgehead atoms. The van der Waals surface area contributed by atoms with Crippen LogP contribution in [0.2, 0.25) is 0 Å². The molecule has 112 valence electrons. The van der Waals surface area contributed by atoms with E-state index in [1.54, 1.807) is 0 Å². The van der Waals surface area contributed by atoms with Crippen molar-refractivity contribution < 1.29 is 23.9 Å². The first-order valence-corrected chi connectivity index (χ1v) is 6.83. The van der Waals surface area contributed by atoms with E-state index in [4.69, 9.17) is 4.74 Å². The highest BCUT2D eigenvalue weighted by atomic mass is 16.6. The topological polar surface area (TPSA) is 69.7 Å². The first-order valence-electron chi connectivity index (χ1n) is 6.83. The SMILES string of the molecule is C=CC(=O)OCCCCCCCC.O=C1C=CC(=O)O1. The van der Waals surface area contributed by atoms with Gasteiger partial charge in [-0.2, -0.15) is 0 Å². The van der Waals surface area contributed by atoms with Gasteiger partial charge < -0.3 is 9.47 Å². The van der Waals surface area contributed by atoms with Gasteiger partial charge in [0.05, 0.1) is 6.61 Å². The van der Waals surface area contributed by atoms with Gasteiger partial charge >= 0.3 is 17.9 Å². The molecule has 0 saturated heterocycles. The van der Waals surface area contributed by atoms with E-state index < -0.39 is 11.9 Å². The smallest absolute Gasteiger partial charge is 0.338 e. The predicted molar refractivity (Wildman–Crippen MR) is 74.8 cm³/mol. The number of hydrogen-bond donors (Lipinski definition) is 0. The Balaban J connectivity index is 0.000000428. The van der Waals surface area contributed by atoms with Gasteiger partial charge in [0, 0.05) is 18.2 Å². The molecule has 1 heterocycles. The minimum absolute atomic E-state index is 0.312. The van der Waals surface area contributed by atoms with Crippen LogP contribution in [0.3, 0.4) is 0 Å². The van der Waals surface area contributed by atoms with Gasteiger partial charge in [0.25, 0.3) is 0 Å². The van der Waals surface area contributed by atoms with Gasteiger partial charge in [0.1, 0.15) is 0 Å². The molecule has 0 aromatic carbocycles. The summed E-state index contributed by atoms with van der Waals surface area (Å²) in [6, 6.07) is 0. The van der Waals surface area contributed by atoms with E-state index in [0.29, 0.717) is 6.61 Å². The summed E-state index contributed by atoms with van der Waals surface area (Å²) in [6.07, 6.45) is 10.6. The minimum Gasteiger partial charge on any atom is -0.463 e. The number of unbranched alkanes of at least 4 members (excludes halogenated alkanes) is 5. The number of ether oxygens (including phenoxy) is 2. The van der Waals surface area contributed by atoms with Gasteiger partial charge in [-0.1, -0.05) is 45.6 Å². The lowest BCUT2D eigenvalue weighted by Gasteiger charge is -2.01. The van der Waals surface area contributed by atoms with Crippen LogP contribution >= 0.6 is 0 Å². The van der Waals surface area contributed by atoms with Crippen molar-refractivity contribution in [3.63, 3.8) is 0 Å². The van der Waals surface area contributed by atoms with Crippen molar-refractivity contribution in [1.82, 2.24) is 0 Å². The van der Waals surface area contributed by atoms with Gasteiger partial charge in [0.2, 0.25) is 0 Å². The lowest BCUT2D eigenvalue weighted by atomic mass is 10.1. The Hall–Kier alpha value is -1.91. The van der Waals surface area contributed by atoms with Gasteiger partial charge in [-0.15, -0.1) is 0 Å². The van der Waals surface area contributed by atoms with Crippen LogP contribution in [0.1, 0.15) is 45.4 Å². The largest absolute Gasteiger partial charge is 0.463 e. The van der Waals surface area contributed by atoms with Crippen molar-refractivity contribution in [1.29, 1.82) is 0 Å². The second-order valence-electron chi connectivity index (χ2n) is 4.21. The molecule has 5 heteroatoms. The zero-order valence-corrected chi connectivity index (χ0v) is 11.9. The fourth-order valence-electron chi connectivity index (χ4n) is 1.42. The van der Waals surface area contributed by atoms with Crippen molar-refractivity contribution in [2.45, 2.75) is 45.4 Å². The molecule has 0 unspecified atom stereocenters. The molecular weight excluding hydrogens is 260 g/mol. The van der Waals surface area contributed by atoms with E-state index in [1.807, 2.05) is 0 Å². The average molecular weight is 282 g/mol. The number of esters is 3. The van der Waals surface area contributed by atoms with Crippen molar-refractivity contribution in [2.24, 2.45) is 0 Å². The highest BCUT2D eigenvalue weighted by Crippen LogP contribution is 2.04. The zero-order chi connectivity index (χ0) is 15.2. The monoisotopic (exact) mass is 282 g/mol. The highest BCUT2D eigenvalue weighted by Gasteiger charge is 2.10. The summed E-state index contributed by atoms with van der Waals surface area (Å²) in [5, 5.41) is 0. The molecule has 0 aliphatic carbocycles. The third-order valence-electron chi connectivity index (χ3n) is 2.47. The molecule has 0 atom stereocenters. The predicted octanol–water partition coefficient (Wildman–Crippen LogP) is 2.70. The maximum atomic E-state index is 10.6. The molecule has 0 radical (unpaired) electrons. The molecule has 1 aliphatic heterocycles. The van der Waals surface area contributed by atoms with Crippen LogP contribution in [0.25, 0.3) is 0 Å². The Morgan fingerprint density at radius 2 is 1.70 bits per heavy atom. The standard InChI is InChI=1S/C11H20O2.C4H2O3/c1-3-5-6-7-8-9-10-13-11(12)4-2;5-3-1-2-4(6)7-3/h4H,2-3,5-10H2,1H3;1-2H. The normalized spacial score (nSPS) is 12.4. The van der Waals surface area contributed by atoms with Crippen molar-refractivity contribution in [2.75, 3.05) is 6.61 Å². The van der Waals surface area contributed by atoms with E-state index in [9.17, 15) is 14.4 Å². The number of rotatable bonds is 8. The summed E-state index contributed by atoms with van der Waals surface area (Å²) in [5.74, 6) is -1.47. The first-order chi connectivity index (χ1) is 9.60. The van der Waals surface area contributed by atoms with Crippen molar-refractivity contribution in [3.05, 3.63) is 24.8 Å². The Bertz CT molecular complexity index is 341. The van der Waals surface area contributed by atoms with Crippen LogP contribution < -0.4 is 0 Å². The number of carbonyl (C=O) groups excluding carboxylic acids is 3. The fourth-order valence-corrected chi connectivity index (χ4v) is 1.42. The molecule has 0 aromatic rings. The molecule has 0 amide bonds. The lowest BCUT2D eigenvalue weighted by Crippen LogP contribution is -2.01. The second kappa shape index (κ2) is 12.1. The summed E-state index contributed by atoms with van der Waals surface area (Å²) >= 11 is 0. The maximum absolute atomic E-state index is 10.6. The minimum atomic E-state index is -0.579. The lowest BCUT2D eigenvalue weighted by molar-refractivity contribution is -0.150. The second-order valence-corrected chi connectivity index (χ2v) is 4.21. The molecular formula is C15H22O5. The molecule has 1 rings (SSSR count). The summed E-state index contributed by atoms with van der Waals surface area (Å²) in [6.45, 7) is 6.06. The Morgan fingerprint density at radius 3 is 2.15 bits per heavy atom. The highest BCUT2D eigenvalue weighted by molar-refractivity contribution is 6.04. The number of cyclic esters (lactones) is 2. The van der Waals surface area contributed by atoms with E-state index in [1.165, 1.54) is 31.8 Å². The number of hydrogen-bond acceptors (Lipinski definition) is 5. The van der Waals surface area contributed by atoms with Gasteiger partial charge in [-0.05, 0) is 6.42 Å². The Morgan fingerprint density at radius 1 is 1.15 bits per heavy atom. The summed E-state index contributed by atoms with van der Waals surface area (Å²) < 4.78 is 8.81. The summed E-state index contributed by atoms with van der Waals surface area (Å²) in [7, 11) is 0. The molecule has 0 fully saturated rings. The molecule has 20 heavy (non-hydrogen) atoms. The van der Waals surface area contributed by atoms with Crippen LogP contribution in [0.15, 0.2) is 24.8 Å². The third kappa shape index (κ3) is 11.2. The molecule has 5 nitrogen and oxygen atoms in total. The molecule has 0 N–H and O–H groups in total. The van der Waals surface area contributed by atoms with Crippen molar-refractivity contribution in [3.8, 4) is 0 Å². The van der Waals surface area contributed by atoms with E-state index >= 15 is 0 Å². The quantitative estimate of drug-likeness (QED) is 0.296. The average Bonchev–Trinajstić information content (AvgIpc) is 2.81. The Kier molecular flexibility index (Phi) is 11.0. The van der Waals surface area contributed by atoms with Crippen LogP contribution in [-0.4, -0.2) is 24.5 Å². The molecule has 1 aliphatic rings. The third-order valence-corrected chi connectivity index (χ3v) is 2.47. The zero-order valence-electron chi connectivity index (χ0n) is 11.9. The van der Waals surface area contributed by atoms with Gasteiger partial charge in [-0.3, -0.25) is 0 Å². The van der Waals surface area contributed by atoms with E-state index in [2.05, 4.69) is 18.2 Å². The van der Waals surface area contributed by atoms with Crippen molar-refractivity contribution >= 4 is 17.9 Å². The van der Waals surface area contributed by atoms with Crippen LogP contribution in [0.5, 0.6) is 0 Å².